The topological polar surface area (TPSA) is 96.0 Å². The Morgan fingerprint density at radius 2 is 1.83 bits per heavy atom. The van der Waals surface area contributed by atoms with Crippen LogP contribution in [0.4, 0.5) is 5.69 Å². The van der Waals surface area contributed by atoms with E-state index in [1.54, 1.807) is 25.1 Å². The fourth-order valence-electron chi connectivity index (χ4n) is 3.52. The molecule has 2 amide bonds. The minimum atomic E-state index is -3.91. The van der Waals surface area contributed by atoms with Crippen LogP contribution >= 0.6 is 23.2 Å². The van der Waals surface area contributed by atoms with Gasteiger partial charge in [-0.3, -0.25) is 13.9 Å². The lowest BCUT2D eigenvalue weighted by atomic mass is 10.1. The molecule has 2 rings (SSSR count). The molecule has 35 heavy (non-hydrogen) atoms. The number of nitrogens with zero attached hydrogens (tertiary/aromatic N) is 2. The van der Waals surface area contributed by atoms with E-state index in [4.69, 9.17) is 27.9 Å². The number of sulfonamides is 1. The number of ether oxygens (including phenoxy) is 1. The van der Waals surface area contributed by atoms with Gasteiger partial charge in [0.05, 0.1) is 24.1 Å². The Kier molecular flexibility index (Phi) is 10.7. The van der Waals surface area contributed by atoms with Crippen molar-refractivity contribution < 1.29 is 22.7 Å². The van der Waals surface area contributed by atoms with E-state index in [9.17, 15) is 18.0 Å². The van der Waals surface area contributed by atoms with Crippen molar-refractivity contribution >= 4 is 50.7 Å². The maximum atomic E-state index is 13.6. The largest absolute Gasteiger partial charge is 0.497 e. The van der Waals surface area contributed by atoms with E-state index in [2.05, 4.69) is 5.32 Å². The first-order valence-electron chi connectivity index (χ1n) is 11.1. The number of halogens is 2. The maximum Gasteiger partial charge on any atom is 0.244 e. The van der Waals surface area contributed by atoms with E-state index in [1.807, 2.05) is 13.0 Å². The van der Waals surface area contributed by atoms with E-state index in [0.717, 1.165) is 22.5 Å². The zero-order valence-corrected chi connectivity index (χ0v) is 22.6. The number of methoxy groups -OCH3 is 1. The number of rotatable bonds is 12. The van der Waals surface area contributed by atoms with E-state index in [-0.39, 0.29) is 28.2 Å². The van der Waals surface area contributed by atoms with Crippen LogP contribution in [0.3, 0.4) is 0 Å². The van der Waals surface area contributed by atoms with Gasteiger partial charge in [0, 0.05) is 18.1 Å². The van der Waals surface area contributed by atoms with Crippen LogP contribution in [0.1, 0.15) is 32.3 Å². The van der Waals surface area contributed by atoms with Gasteiger partial charge in [-0.1, -0.05) is 49.2 Å². The molecule has 1 N–H and O–H groups in total. The summed E-state index contributed by atoms with van der Waals surface area (Å²) in [4.78, 5) is 28.0. The lowest BCUT2D eigenvalue weighted by Gasteiger charge is -2.33. The van der Waals surface area contributed by atoms with Crippen molar-refractivity contribution in [3.63, 3.8) is 0 Å². The van der Waals surface area contributed by atoms with Crippen LogP contribution in [0.15, 0.2) is 42.5 Å². The van der Waals surface area contributed by atoms with Crippen LogP contribution in [-0.2, 0) is 26.2 Å². The molecule has 0 heterocycles. The number of hydrogen-bond acceptors (Lipinski definition) is 5. The molecule has 0 aromatic heterocycles. The molecule has 11 heteroatoms. The molecule has 1 atom stereocenters. The predicted octanol–water partition coefficient (Wildman–Crippen LogP) is 4.10. The van der Waals surface area contributed by atoms with Crippen LogP contribution in [0.25, 0.3) is 0 Å². The molecule has 8 nitrogen and oxygen atoms in total. The quantitative estimate of drug-likeness (QED) is 0.434. The normalized spacial score (nSPS) is 12.1. The number of hydrogen-bond donors (Lipinski definition) is 1. The number of nitrogens with one attached hydrogen (secondary N) is 1. The van der Waals surface area contributed by atoms with E-state index >= 15 is 0 Å². The zero-order valence-electron chi connectivity index (χ0n) is 20.3. The molecule has 0 fully saturated rings. The summed E-state index contributed by atoms with van der Waals surface area (Å²) in [5, 5.41) is 3.22. The molecule has 0 aliphatic heterocycles. The first-order chi connectivity index (χ1) is 16.5. The summed E-state index contributed by atoms with van der Waals surface area (Å²) in [7, 11) is -2.38. The molecule has 0 radical (unpaired) electrons. The van der Waals surface area contributed by atoms with Gasteiger partial charge >= 0.3 is 0 Å². The number of carbonyl (C=O) groups excluding carboxylic acids is 2. The molecule has 192 valence electrons. The molecule has 0 spiro atoms. The van der Waals surface area contributed by atoms with Crippen molar-refractivity contribution in [3.05, 3.63) is 58.1 Å². The average Bonchev–Trinajstić information content (AvgIpc) is 2.81. The Balaban J connectivity index is 2.48. The minimum absolute atomic E-state index is 0.0783. The highest BCUT2D eigenvalue weighted by Gasteiger charge is 2.32. The third-order valence-electron chi connectivity index (χ3n) is 5.28. The molecule has 2 aromatic carbocycles. The second kappa shape index (κ2) is 13.0. The molecular formula is C24H31Cl2N3O5S. The Hall–Kier alpha value is -2.49. The van der Waals surface area contributed by atoms with Gasteiger partial charge < -0.3 is 15.0 Å². The highest BCUT2D eigenvalue weighted by Crippen LogP contribution is 2.31. The first kappa shape index (κ1) is 28.7. The smallest absolute Gasteiger partial charge is 0.244 e. The van der Waals surface area contributed by atoms with Crippen LogP contribution in [0, 0.1) is 0 Å². The van der Waals surface area contributed by atoms with Gasteiger partial charge in [-0.25, -0.2) is 8.42 Å². The number of anilines is 1. The molecule has 0 unspecified atom stereocenters. The third kappa shape index (κ3) is 8.02. The Morgan fingerprint density at radius 3 is 2.43 bits per heavy atom. The van der Waals surface area contributed by atoms with Crippen molar-refractivity contribution in [1.82, 2.24) is 10.2 Å². The zero-order chi connectivity index (χ0) is 26.2. The highest BCUT2D eigenvalue weighted by atomic mass is 35.5. The minimum Gasteiger partial charge on any atom is -0.497 e. The Labute approximate surface area is 217 Å². The maximum absolute atomic E-state index is 13.6. The van der Waals surface area contributed by atoms with Crippen molar-refractivity contribution in [2.45, 2.75) is 39.3 Å². The number of carbonyl (C=O) groups is 2. The van der Waals surface area contributed by atoms with Gasteiger partial charge in [0.1, 0.15) is 18.3 Å². The lowest BCUT2D eigenvalue weighted by Crippen LogP contribution is -2.52. The molecule has 0 saturated carbocycles. The second-order valence-electron chi connectivity index (χ2n) is 7.95. The van der Waals surface area contributed by atoms with Gasteiger partial charge in [0.25, 0.3) is 0 Å². The third-order valence-corrected chi connectivity index (χ3v) is 6.96. The molecule has 2 aromatic rings. The van der Waals surface area contributed by atoms with Gasteiger partial charge in [-0.2, -0.15) is 0 Å². The molecule has 0 saturated heterocycles. The molecule has 0 bridgehead atoms. The predicted molar refractivity (Wildman–Crippen MR) is 140 cm³/mol. The van der Waals surface area contributed by atoms with Gasteiger partial charge in [-0.05, 0) is 48.7 Å². The number of benzene rings is 2. The summed E-state index contributed by atoms with van der Waals surface area (Å²) >= 11 is 12.3. The van der Waals surface area contributed by atoms with Crippen molar-refractivity contribution in [1.29, 1.82) is 0 Å². The first-order valence-corrected chi connectivity index (χ1v) is 13.7. The number of amides is 2. The van der Waals surface area contributed by atoms with E-state index < -0.39 is 28.5 Å². The van der Waals surface area contributed by atoms with Crippen molar-refractivity contribution in [2.24, 2.45) is 0 Å². The highest BCUT2D eigenvalue weighted by molar-refractivity contribution is 7.92. The summed E-state index contributed by atoms with van der Waals surface area (Å²) in [5.74, 6) is -0.271. The van der Waals surface area contributed by atoms with Crippen LogP contribution < -0.4 is 14.4 Å². The van der Waals surface area contributed by atoms with Gasteiger partial charge in [-0.15, -0.1) is 0 Å². The SMILES string of the molecule is CCCNC(=O)[C@@H](CC)N(Cc1cccc(OC)c1)C(=O)CN(c1cc(Cl)ccc1Cl)S(C)(=O)=O. The van der Waals surface area contributed by atoms with Gasteiger partial charge in [0.15, 0.2) is 0 Å². The van der Waals surface area contributed by atoms with Crippen LogP contribution in [-0.4, -0.2) is 57.6 Å². The second-order valence-corrected chi connectivity index (χ2v) is 10.7. The fourth-order valence-corrected chi connectivity index (χ4v) is 4.81. The lowest BCUT2D eigenvalue weighted by molar-refractivity contribution is -0.140. The van der Waals surface area contributed by atoms with Crippen LogP contribution in [0.5, 0.6) is 5.75 Å². The molecule has 0 aliphatic carbocycles. The molecular weight excluding hydrogens is 513 g/mol. The summed E-state index contributed by atoms with van der Waals surface area (Å²) in [6.45, 7) is 3.71. The summed E-state index contributed by atoms with van der Waals surface area (Å²) < 4.78 is 31.5. The summed E-state index contributed by atoms with van der Waals surface area (Å²) in [5.41, 5.74) is 0.811. The van der Waals surface area contributed by atoms with Crippen LogP contribution in [0.2, 0.25) is 10.0 Å². The van der Waals surface area contributed by atoms with Gasteiger partial charge in [0.2, 0.25) is 21.8 Å². The van der Waals surface area contributed by atoms with Crippen molar-refractivity contribution in [3.8, 4) is 5.75 Å². The van der Waals surface area contributed by atoms with Crippen molar-refractivity contribution in [2.75, 3.05) is 30.8 Å². The molecule has 0 aliphatic rings. The average molecular weight is 545 g/mol. The van der Waals surface area contributed by atoms with E-state index in [0.29, 0.717) is 18.7 Å². The Morgan fingerprint density at radius 1 is 1.11 bits per heavy atom. The fraction of sp³-hybridized carbons (Fsp3) is 0.417. The standard InChI is InChI=1S/C24H31Cl2N3O5S/c1-5-12-27-24(31)21(6-2)28(15-17-8-7-9-19(13-17)34-3)23(30)16-29(35(4,32)33)22-14-18(25)10-11-20(22)26/h7-11,13-14,21H,5-6,12,15-16H2,1-4H3,(H,27,31)/t21-/m1/s1. The Bertz CT molecular complexity index is 1140. The van der Waals surface area contributed by atoms with E-state index in [1.165, 1.54) is 30.2 Å². The summed E-state index contributed by atoms with van der Waals surface area (Å²) in [6, 6.07) is 10.7. The summed E-state index contributed by atoms with van der Waals surface area (Å²) in [6.07, 6.45) is 2.05. The monoisotopic (exact) mass is 543 g/mol.